The molecule has 2 aromatic heterocycles. The zero-order valence-electron chi connectivity index (χ0n) is 13.9. The first-order valence-corrected chi connectivity index (χ1v) is 9.43. The van der Waals surface area contributed by atoms with Crippen LogP contribution >= 0.6 is 0 Å². The lowest BCUT2D eigenvalue weighted by molar-refractivity contribution is 0.588. The minimum Gasteiger partial charge on any atom is -0.306 e. The standard InChI is InChI=1S/C19H15N3O3S/c1-20-26(24,25)13-8-6-12(7-9-13)14-10-11-21-18-17(14)15-4-2-3-5-16(15)19(23)22-18/h2-11,20H,1H3,(H,21,22,23). The molecule has 4 aromatic rings. The van der Waals surface area contributed by atoms with E-state index in [2.05, 4.69) is 14.7 Å². The Hall–Kier alpha value is -3.03. The molecule has 0 fully saturated rings. The SMILES string of the molecule is CNS(=O)(=O)c1ccc(-c2ccnc3[nH]c(=O)c4ccccc4c23)cc1. The lowest BCUT2D eigenvalue weighted by atomic mass is 9.99. The molecule has 4 rings (SSSR count). The van der Waals surface area contributed by atoms with E-state index in [1.165, 1.54) is 7.05 Å². The zero-order chi connectivity index (χ0) is 18.3. The molecule has 0 saturated carbocycles. The van der Waals surface area contributed by atoms with Gasteiger partial charge in [0.15, 0.2) is 0 Å². The van der Waals surface area contributed by atoms with Gasteiger partial charge in [-0.25, -0.2) is 18.1 Å². The fraction of sp³-hybridized carbons (Fsp3) is 0.0526. The van der Waals surface area contributed by atoms with Crippen LogP contribution in [0.4, 0.5) is 0 Å². The Balaban J connectivity index is 2.01. The number of hydrogen-bond donors (Lipinski definition) is 2. The Morgan fingerprint density at radius 2 is 1.65 bits per heavy atom. The van der Waals surface area contributed by atoms with E-state index in [1.54, 1.807) is 36.5 Å². The third kappa shape index (κ3) is 2.58. The van der Waals surface area contributed by atoms with Gasteiger partial charge in [-0.15, -0.1) is 0 Å². The third-order valence-corrected chi connectivity index (χ3v) is 5.80. The number of rotatable bonds is 3. The zero-order valence-corrected chi connectivity index (χ0v) is 14.7. The summed E-state index contributed by atoms with van der Waals surface area (Å²) in [6, 6.07) is 15.8. The van der Waals surface area contributed by atoms with E-state index in [4.69, 9.17) is 0 Å². The molecule has 130 valence electrons. The van der Waals surface area contributed by atoms with E-state index >= 15 is 0 Å². The number of hydrogen-bond acceptors (Lipinski definition) is 4. The molecule has 0 radical (unpaired) electrons. The van der Waals surface area contributed by atoms with Crippen molar-refractivity contribution >= 4 is 31.8 Å². The van der Waals surface area contributed by atoms with Gasteiger partial charge in [-0.05, 0) is 47.8 Å². The summed E-state index contributed by atoms with van der Waals surface area (Å²) < 4.78 is 26.1. The van der Waals surface area contributed by atoms with Crippen LogP contribution in [-0.4, -0.2) is 25.4 Å². The van der Waals surface area contributed by atoms with Gasteiger partial charge in [-0.3, -0.25) is 4.79 Å². The van der Waals surface area contributed by atoms with Crippen molar-refractivity contribution < 1.29 is 8.42 Å². The molecule has 0 spiro atoms. The Morgan fingerprint density at radius 3 is 2.35 bits per heavy atom. The minimum absolute atomic E-state index is 0.187. The van der Waals surface area contributed by atoms with Gasteiger partial charge in [0.2, 0.25) is 10.0 Å². The maximum atomic E-state index is 12.3. The molecule has 0 aliphatic carbocycles. The monoisotopic (exact) mass is 365 g/mol. The van der Waals surface area contributed by atoms with Gasteiger partial charge in [-0.1, -0.05) is 30.3 Å². The Bertz CT molecular complexity index is 1290. The van der Waals surface area contributed by atoms with Crippen molar-refractivity contribution in [3.63, 3.8) is 0 Å². The van der Waals surface area contributed by atoms with Crippen molar-refractivity contribution in [3.8, 4) is 11.1 Å². The molecule has 0 aliphatic rings. The normalized spacial score (nSPS) is 11.9. The summed E-state index contributed by atoms with van der Waals surface area (Å²) in [5, 5.41) is 2.22. The highest BCUT2D eigenvalue weighted by Crippen LogP contribution is 2.31. The molecule has 0 bridgehead atoms. The van der Waals surface area contributed by atoms with Crippen molar-refractivity contribution in [2.45, 2.75) is 4.90 Å². The molecule has 0 unspecified atom stereocenters. The van der Waals surface area contributed by atoms with Crippen LogP contribution in [0.15, 0.2) is 70.5 Å². The van der Waals surface area contributed by atoms with Crippen LogP contribution in [0.25, 0.3) is 32.9 Å². The summed E-state index contributed by atoms with van der Waals surface area (Å²) >= 11 is 0. The van der Waals surface area contributed by atoms with Crippen molar-refractivity contribution in [1.29, 1.82) is 0 Å². The fourth-order valence-electron chi connectivity index (χ4n) is 3.08. The van der Waals surface area contributed by atoms with E-state index in [-0.39, 0.29) is 10.5 Å². The Morgan fingerprint density at radius 1 is 0.962 bits per heavy atom. The second kappa shape index (κ2) is 6.05. The lowest BCUT2D eigenvalue weighted by Gasteiger charge is -2.10. The number of aromatic nitrogens is 2. The number of pyridine rings is 2. The van der Waals surface area contributed by atoms with Crippen LogP contribution in [0.1, 0.15) is 0 Å². The fourth-order valence-corrected chi connectivity index (χ4v) is 3.81. The summed E-state index contributed by atoms with van der Waals surface area (Å²) in [7, 11) is -2.11. The van der Waals surface area contributed by atoms with Crippen LogP contribution in [0.5, 0.6) is 0 Å². The van der Waals surface area contributed by atoms with E-state index in [0.29, 0.717) is 11.0 Å². The van der Waals surface area contributed by atoms with Gasteiger partial charge in [0.1, 0.15) is 5.65 Å². The molecule has 0 saturated heterocycles. The molecule has 6 nitrogen and oxygen atoms in total. The summed E-state index contributed by atoms with van der Waals surface area (Å²) in [4.78, 5) is 19.6. The van der Waals surface area contributed by atoms with Gasteiger partial charge in [-0.2, -0.15) is 0 Å². The van der Waals surface area contributed by atoms with Crippen LogP contribution in [0.2, 0.25) is 0 Å². The van der Waals surface area contributed by atoms with Crippen molar-refractivity contribution in [2.24, 2.45) is 0 Å². The molecule has 0 atom stereocenters. The quantitative estimate of drug-likeness (QED) is 0.546. The summed E-state index contributed by atoms with van der Waals surface area (Å²) in [5.74, 6) is 0. The second-order valence-electron chi connectivity index (χ2n) is 5.81. The number of benzene rings is 2. The van der Waals surface area contributed by atoms with Crippen LogP contribution in [0, 0.1) is 0 Å². The molecule has 2 heterocycles. The van der Waals surface area contributed by atoms with E-state index in [1.807, 2.05) is 24.3 Å². The van der Waals surface area contributed by atoms with E-state index in [9.17, 15) is 13.2 Å². The summed E-state index contributed by atoms with van der Waals surface area (Å²) in [6.07, 6.45) is 1.63. The highest BCUT2D eigenvalue weighted by atomic mass is 32.2. The van der Waals surface area contributed by atoms with Crippen LogP contribution < -0.4 is 10.3 Å². The molecule has 0 amide bonds. The number of nitrogens with zero attached hydrogens (tertiary/aromatic N) is 1. The predicted octanol–water partition coefficient (Wildman–Crippen LogP) is 2.65. The largest absolute Gasteiger partial charge is 0.306 e. The van der Waals surface area contributed by atoms with Crippen molar-refractivity contribution in [2.75, 3.05) is 7.05 Å². The van der Waals surface area contributed by atoms with Gasteiger partial charge in [0, 0.05) is 17.0 Å². The molecule has 26 heavy (non-hydrogen) atoms. The summed E-state index contributed by atoms with van der Waals surface area (Å²) in [5.41, 5.74) is 2.02. The first kappa shape index (κ1) is 16.4. The highest BCUT2D eigenvalue weighted by Gasteiger charge is 2.14. The third-order valence-electron chi connectivity index (χ3n) is 4.37. The summed E-state index contributed by atoms with van der Waals surface area (Å²) in [6.45, 7) is 0. The second-order valence-corrected chi connectivity index (χ2v) is 7.70. The number of fused-ring (bicyclic) bond motifs is 3. The van der Waals surface area contributed by atoms with Crippen LogP contribution in [0.3, 0.4) is 0 Å². The maximum Gasteiger partial charge on any atom is 0.257 e. The number of nitrogens with one attached hydrogen (secondary N) is 2. The smallest absolute Gasteiger partial charge is 0.257 e. The van der Waals surface area contributed by atoms with Gasteiger partial charge in [0.05, 0.1) is 4.90 Å². The first-order chi connectivity index (χ1) is 12.5. The number of sulfonamides is 1. The molecule has 0 aliphatic heterocycles. The molecular weight excluding hydrogens is 350 g/mol. The first-order valence-electron chi connectivity index (χ1n) is 7.95. The van der Waals surface area contributed by atoms with Gasteiger partial charge >= 0.3 is 0 Å². The minimum atomic E-state index is -3.49. The van der Waals surface area contributed by atoms with Crippen LogP contribution in [-0.2, 0) is 10.0 Å². The maximum absolute atomic E-state index is 12.3. The highest BCUT2D eigenvalue weighted by molar-refractivity contribution is 7.89. The average molecular weight is 365 g/mol. The Kier molecular flexibility index (Phi) is 3.82. The van der Waals surface area contributed by atoms with E-state index in [0.717, 1.165) is 21.9 Å². The predicted molar refractivity (Wildman–Crippen MR) is 102 cm³/mol. The average Bonchev–Trinajstić information content (AvgIpc) is 2.68. The van der Waals surface area contributed by atoms with Crippen molar-refractivity contribution in [3.05, 3.63) is 71.1 Å². The Labute approximate surface area is 149 Å². The molecule has 2 aromatic carbocycles. The molecular formula is C19H15N3O3S. The van der Waals surface area contributed by atoms with Gasteiger partial charge < -0.3 is 4.98 Å². The van der Waals surface area contributed by atoms with E-state index < -0.39 is 10.0 Å². The molecule has 7 heteroatoms. The molecule has 2 N–H and O–H groups in total. The topological polar surface area (TPSA) is 91.9 Å². The number of aromatic amines is 1. The lowest BCUT2D eigenvalue weighted by Crippen LogP contribution is -2.18. The number of H-pyrrole nitrogens is 1. The van der Waals surface area contributed by atoms with Gasteiger partial charge in [0.25, 0.3) is 5.56 Å². The van der Waals surface area contributed by atoms with Crippen molar-refractivity contribution in [1.82, 2.24) is 14.7 Å².